The normalized spacial score (nSPS) is 20.8. The van der Waals surface area contributed by atoms with Crippen molar-refractivity contribution in [3.05, 3.63) is 35.4 Å². The van der Waals surface area contributed by atoms with Gasteiger partial charge in [-0.3, -0.25) is 4.79 Å². The minimum atomic E-state index is -0.617. The Kier molecular flexibility index (Phi) is 5.51. The second kappa shape index (κ2) is 7.79. The number of nitrogens with one attached hydrogen (secondary N) is 1. The summed E-state index contributed by atoms with van der Waals surface area (Å²) in [4.78, 5) is 23.9. The summed E-state index contributed by atoms with van der Waals surface area (Å²) in [6.45, 7) is 2.01. The molecule has 5 nitrogen and oxygen atoms in total. The van der Waals surface area contributed by atoms with Gasteiger partial charge in [-0.1, -0.05) is 24.3 Å². The number of benzene rings is 1. The highest BCUT2D eigenvalue weighted by molar-refractivity contribution is 5.82. The lowest BCUT2D eigenvalue weighted by molar-refractivity contribution is -0.159. The summed E-state index contributed by atoms with van der Waals surface area (Å²) in [6.07, 6.45) is 4.74. The molecule has 0 aliphatic heterocycles. The highest BCUT2D eigenvalue weighted by atomic mass is 16.6. The monoisotopic (exact) mass is 331 g/mol. The third-order valence-electron chi connectivity index (χ3n) is 4.66. The van der Waals surface area contributed by atoms with Crippen molar-refractivity contribution < 1.29 is 19.1 Å². The molecule has 1 aromatic carbocycles. The molecule has 1 saturated carbocycles. The van der Waals surface area contributed by atoms with Gasteiger partial charge in [-0.05, 0) is 56.1 Å². The van der Waals surface area contributed by atoms with Crippen LogP contribution < -0.4 is 5.32 Å². The number of rotatable bonds is 7. The van der Waals surface area contributed by atoms with Gasteiger partial charge in [-0.2, -0.15) is 0 Å². The SMILES string of the molecule is CC(OCC1CC1)C(=O)OCC(=O)NC1CCCc2ccccc21. The van der Waals surface area contributed by atoms with Crippen LogP contribution in [0.1, 0.15) is 49.8 Å². The summed E-state index contributed by atoms with van der Waals surface area (Å²) < 4.78 is 10.5. The molecule has 5 heteroatoms. The number of aryl methyl sites for hydroxylation is 1. The quantitative estimate of drug-likeness (QED) is 0.780. The lowest BCUT2D eigenvalue weighted by Crippen LogP contribution is -2.35. The molecule has 0 heterocycles. The second-order valence-corrected chi connectivity index (χ2v) is 6.74. The van der Waals surface area contributed by atoms with Gasteiger partial charge < -0.3 is 14.8 Å². The number of hydrogen-bond donors (Lipinski definition) is 1. The minimum absolute atomic E-state index is 0.00434. The molecule has 1 fully saturated rings. The lowest BCUT2D eigenvalue weighted by Gasteiger charge is -2.26. The van der Waals surface area contributed by atoms with Gasteiger partial charge >= 0.3 is 5.97 Å². The molecule has 2 aliphatic rings. The number of hydrogen-bond acceptors (Lipinski definition) is 4. The van der Waals surface area contributed by atoms with Crippen molar-refractivity contribution in [1.82, 2.24) is 5.32 Å². The van der Waals surface area contributed by atoms with Crippen LogP contribution in [0.4, 0.5) is 0 Å². The third-order valence-corrected chi connectivity index (χ3v) is 4.66. The fraction of sp³-hybridized carbons (Fsp3) is 0.579. The van der Waals surface area contributed by atoms with Crippen LogP contribution in [0, 0.1) is 5.92 Å². The molecule has 2 atom stereocenters. The van der Waals surface area contributed by atoms with Crippen LogP contribution in [0.2, 0.25) is 0 Å². The van der Waals surface area contributed by atoms with E-state index < -0.39 is 12.1 Å². The topological polar surface area (TPSA) is 64.6 Å². The van der Waals surface area contributed by atoms with Crippen LogP contribution in [0.3, 0.4) is 0 Å². The van der Waals surface area contributed by atoms with E-state index in [1.807, 2.05) is 12.1 Å². The molecule has 1 N–H and O–H groups in total. The smallest absolute Gasteiger partial charge is 0.335 e. The van der Waals surface area contributed by atoms with Gasteiger partial charge in [0.2, 0.25) is 0 Å². The van der Waals surface area contributed by atoms with Crippen LogP contribution >= 0.6 is 0 Å². The van der Waals surface area contributed by atoms with Crippen LogP contribution in [0.25, 0.3) is 0 Å². The van der Waals surface area contributed by atoms with E-state index in [0.717, 1.165) is 19.3 Å². The molecule has 0 aromatic heterocycles. The van der Waals surface area contributed by atoms with E-state index in [4.69, 9.17) is 9.47 Å². The van der Waals surface area contributed by atoms with Gasteiger partial charge in [-0.25, -0.2) is 4.79 Å². The molecule has 0 saturated heterocycles. The van der Waals surface area contributed by atoms with E-state index in [1.165, 1.54) is 24.0 Å². The molecule has 0 radical (unpaired) electrons. The van der Waals surface area contributed by atoms with E-state index in [2.05, 4.69) is 17.4 Å². The fourth-order valence-electron chi connectivity index (χ4n) is 3.03. The highest BCUT2D eigenvalue weighted by Gasteiger charge is 2.25. The first-order valence-electron chi connectivity index (χ1n) is 8.79. The van der Waals surface area contributed by atoms with Crippen molar-refractivity contribution in [3.8, 4) is 0 Å². The Labute approximate surface area is 142 Å². The van der Waals surface area contributed by atoms with Crippen molar-refractivity contribution in [2.24, 2.45) is 5.92 Å². The summed E-state index contributed by atoms with van der Waals surface area (Å²) in [5.41, 5.74) is 2.46. The van der Waals surface area contributed by atoms with Crippen molar-refractivity contribution in [3.63, 3.8) is 0 Å². The van der Waals surface area contributed by atoms with E-state index in [1.54, 1.807) is 6.92 Å². The van der Waals surface area contributed by atoms with Gasteiger partial charge in [-0.15, -0.1) is 0 Å². The lowest BCUT2D eigenvalue weighted by atomic mass is 9.88. The van der Waals surface area contributed by atoms with E-state index in [-0.39, 0.29) is 18.6 Å². The molecule has 24 heavy (non-hydrogen) atoms. The Morgan fingerprint density at radius 2 is 2.04 bits per heavy atom. The van der Waals surface area contributed by atoms with Crippen LogP contribution in [0.15, 0.2) is 24.3 Å². The molecule has 1 amide bonds. The van der Waals surface area contributed by atoms with Crippen LogP contribution in [-0.2, 0) is 25.5 Å². The van der Waals surface area contributed by atoms with Gasteiger partial charge in [0.25, 0.3) is 5.91 Å². The van der Waals surface area contributed by atoms with Crippen molar-refractivity contribution >= 4 is 11.9 Å². The van der Waals surface area contributed by atoms with E-state index >= 15 is 0 Å². The Balaban J connectivity index is 1.43. The Hall–Kier alpha value is -1.88. The average molecular weight is 331 g/mol. The van der Waals surface area contributed by atoms with E-state index in [9.17, 15) is 9.59 Å². The Morgan fingerprint density at radius 1 is 1.25 bits per heavy atom. The molecular weight excluding hydrogens is 306 g/mol. The first-order valence-corrected chi connectivity index (χ1v) is 8.79. The fourth-order valence-corrected chi connectivity index (χ4v) is 3.03. The molecule has 130 valence electrons. The zero-order valence-electron chi connectivity index (χ0n) is 14.1. The largest absolute Gasteiger partial charge is 0.454 e. The minimum Gasteiger partial charge on any atom is -0.454 e. The third kappa shape index (κ3) is 4.57. The number of fused-ring (bicyclic) bond motifs is 1. The number of carbonyl (C=O) groups is 2. The zero-order chi connectivity index (χ0) is 16.9. The van der Waals surface area contributed by atoms with Gasteiger partial charge in [0.05, 0.1) is 12.6 Å². The second-order valence-electron chi connectivity index (χ2n) is 6.74. The molecule has 1 aromatic rings. The zero-order valence-corrected chi connectivity index (χ0v) is 14.1. The molecule has 0 bridgehead atoms. The van der Waals surface area contributed by atoms with Crippen molar-refractivity contribution in [2.45, 2.75) is 51.2 Å². The van der Waals surface area contributed by atoms with E-state index in [0.29, 0.717) is 12.5 Å². The first-order chi connectivity index (χ1) is 11.6. The van der Waals surface area contributed by atoms with Gasteiger partial charge in [0.15, 0.2) is 12.7 Å². The standard InChI is InChI=1S/C19H25NO4/c1-13(23-11-14-9-10-14)19(22)24-12-18(21)20-17-8-4-6-15-5-2-3-7-16(15)17/h2-3,5,7,13-14,17H,4,6,8-12H2,1H3,(H,20,21). The summed E-state index contributed by atoms with van der Waals surface area (Å²) >= 11 is 0. The molecule has 3 rings (SSSR count). The predicted molar refractivity (Wildman–Crippen MR) is 89.4 cm³/mol. The average Bonchev–Trinajstić information content (AvgIpc) is 3.42. The maximum atomic E-state index is 12.1. The summed E-state index contributed by atoms with van der Waals surface area (Å²) in [7, 11) is 0. The Morgan fingerprint density at radius 3 is 2.83 bits per heavy atom. The summed E-state index contributed by atoms with van der Waals surface area (Å²) in [5.74, 6) is -0.149. The highest BCUT2D eigenvalue weighted by Crippen LogP contribution is 2.30. The number of carbonyl (C=O) groups excluding carboxylic acids is 2. The number of amides is 1. The summed E-state index contributed by atoms with van der Waals surface area (Å²) in [5, 5.41) is 2.97. The predicted octanol–water partition coefficient (Wildman–Crippen LogP) is 2.54. The maximum absolute atomic E-state index is 12.1. The van der Waals surface area contributed by atoms with Crippen molar-refractivity contribution in [1.29, 1.82) is 0 Å². The summed E-state index contributed by atoms with van der Waals surface area (Å²) in [6, 6.07) is 8.17. The number of esters is 1. The van der Waals surface area contributed by atoms with Crippen LogP contribution in [-0.4, -0.2) is 31.2 Å². The first kappa shape index (κ1) is 17.0. The van der Waals surface area contributed by atoms with Gasteiger partial charge in [0.1, 0.15) is 0 Å². The molecular formula is C19H25NO4. The number of ether oxygens (including phenoxy) is 2. The van der Waals surface area contributed by atoms with Gasteiger partial charge in [0, 0.05) is 0 Å². The Bertz CT molecular complexity index is 597. The molecule has 2 unspecified atom stereocenters. The maximum Gasteiger partial charge on any atom is 0.335 e. The molecule has 2 aliphatic carbocycles. The van der Waals surface area contributed by atoms with Crippen LogP contribution in [0.5, 0.6) is 0 Å². The van der Waals surface area contributed by atoms with Crippen molar-refractivity contribution in [2.75, 3.05) is 13.2 Å². The molecule has 0 spiro atoms.